The average Bonchev–Trinajstić information content (AvgIpc) is 2.69. The second-order valence-corrected chi connectivity index (χ2v) is 7.90. The van der Waals surface area contributed by atoms with Crippen molar-refractivity contribution in [2.75, 3.05) is 26.2 Å². The van der Waals surface area contributed by atoms with E-state index in [4.69, 9.17) is 0 Å². The van der Waals surface area contributed by atoms with Crippen LogP contribution in [0.5, 0.6) is 0 Å². The minimum atomic E-state index is -3.60. The van der Waals surface area contributed by atoms with Gasteiger partial charge in [-0.1, -0.05) is 30.3 Å². The van der Waals surface area contributed by atoms with E-state index < -0.39 is 27.6 Å². The molecule has 0 bridgehead atoms. The topological polar surface area (TPSA) is 57.7 Å². The molecule has 27 heavy (non-hydrogen) atoms. The summed E-state index contributed by atoms with van der Waals surface area (Å²) >= 11 is 0. The van der Waals surface area contributed by atoms with Crippen molar-refractivity contribution < 1.29 is 22.0 Å². The van der Waals surface area contributed by atoms with Crippen LogP contribution in [-0.4, -0.2) is 49.7 Å². The highest BCUT2D eigenvalue weighted by Crippen LogP contribution is 2.15. The van der Waals surface area contributed by atoms with E-state index in [1.807, 2.05) is 18.2 Å². The second kappa shape index (κ2) is 7.98. The molecule has 0 spiro atoms. The summed E-state index contributed by atoms with van der Waals surface area (Å²) in [7, 11) is -3.60. The lowest BCUT2D eigenvalue weighted by Gasteiger charge is -2.33. The molecule has 0 radical (unpaired) electrons. The molecule has 1 aliphatic heterocycles. The first kappa shape index (κ1) is 19.2. The predicted molar refractivity (Wildman–Crippen MR) is 98.2 cm³/mol. The molecular formula is C19H18F2N2O3S. The summed E-state index contributed by atoms with van der Waals surface area (Å²) in [5.41, 5.74) is 0.808. The van der Waals surface area contributed by atoms with Crippen molar-refractivity contribution in [3.05, 3.63) is 76.7 Å². The molecule has 2 aromatic carbocycles. The number of piperazine rings is 1. The van der Waals surface area contributed by atoms with Crippen molar-refractivity contribution in [2.24, 2.45) is 0 Å². The van der Waals surface area contributed by atoms with E-state index >= 15 is 0 Å². The van der Waals surface area contributed by atoms with Gasteiger partial charge in [0.25, 0.3) is 5.91 Å². The summed E-state index contributed by atoms with van der Waals surface area (Å²) in [6.45, 7) is 0.625. The fourth-order valence-electron chi connectivity index (χ4n) is 2.77. The first-order chi connectivity index (χ1) is 12.9. The molecular weight excluding hydrogens is 374 g/mol. The smallest absolute Gasteiger partial charge is 0.254 e. The number of nitrogens with zero attached hydrogens (tertiary/aromatic N) is 2. The lowest BCUT2D eigenvalue weighted by atomic mass is 10.1. The van der Waals surface area contributed by atoms with Gasteiger partial charge < -0.3 is 4.90 Å². The van der Waals surface area contributed by atoms with E-state index in [9.17, 15) is 22.0 Å². The molecule has 1 fully saturated rings. The minimum absolute atomic E-state index is 0.0363. The Morgan fingerprint density at radius 2 is 1.59 bits per heavy atom. The van der Waals surface area contributed by atoms with E-state index in [0.717, 1.165) is 23.1 Å². The van der Waals surface area contributed by atoms with Crippen LogP contribution in [0.25, 0.3) is 6.08 Å². The zero-order chi connectivity index (χ0) is 19.4. The highest BCUT2D eigenvalue weighted by molar-refractivity contribution is 7.92. The number of hydrogen-bond acceptors (Lipinski definition) is 3. The highest BCUT2D eigenvalue weighted by Gasteiger charge is 2.28. The standard InChI is InChI=1S/C19H18F2N2O3S/c20-17-7-6-16(14-18(17)21)19(24)22-9-11-23(12-10-22)27(25,26)13-8-15-4-2-1-3-5-15/h1-8,13-14H,9-12H2/b13-8+. The van der Waals surface area contributed by atoms with Gasteiger partial charge in [0.2, 0.25) is 10.0 Å². The lowest BCUT2D eigenvalue weighted by Crippen LogP contribution is -2.50. The third kappa shape index (κ3) is 4.58. The van der Waals surface area contributed by atoms with E-state index in [-0.39, 0.29) is 31.7 Å². The lowest BCUT2D eigenvalue weighted by molar-refractivity contribution is 0.0698. The van der Waals surface area contributed by atoms with Crippen molar-refractivity contribution in [3.8, 4) is 0 Å². The molecule has 0 saturated carbocycles. The zero-order valence-corrected chi connectivity index (χ0v) is 15.2. The van der Waals surface area contributed by atoms with Gasteiger partial charge >= 0.3 is 0 Å². The quantitative estimate of drug-likeness (QED) is 0.804. The van der Waals surface area contributed by atoms with Gasteiger partial charge in [-0.15, -0.1) is 0 Å². The van der Waals surface area contributed by atoms with Gasteiger partial charge in [0.15, 0.2) is 11.6 Å². The molecule has 0 aromatic heterocycles. The Morgan fingerprint density at radius 1 is 0.926 bits per heavy atom. The summed E-state index contributed by atoms with van der Waals surface area (Å²) in [5, 5.41) is 1.15. The molecule has 1 saturated heterocycles. The van der Waals surface area contributed by atoms with Crippen LogP contribution in [0.4, 0.5) is 8.78 Å². The first-order valence-electron chi connectivity index (χ1n) is 8.34. The van der Waals surface area contributed by atoms with Crippen molar-refractivity contribution in [1.29, 1.82) is 0 Å². The zero-order valence-electron chi connectivity index (χ0n) is 14.4. The predicted octanol–water partition coefficient (Wildman–Crippen LogP) is 2.72. The summed E-state index contributed by atoms with van der Waals surface area (Å²) < 4.78 is 52.5. The van der Waals surface area contributed by atoms with E-state index in [1.54, 1.807) is 12.1 Å². The van der Waals surface area contributed by atoms with Gasteiger partial charge in [0.05, 0.1) is 0 Å². The molecule has 0 unspecified atom stereocenters. The molecule has 0 atom stereocenters. The van der Waals surface area contributed by atoms with Gasteiger partial charge in [-0.3, -0.25) is 4.79 Å². The number of carbonyl (C=O) groups excluding carboxylic acids is 1. The summed E-state index contributed by atoms with van der Waals surface area (Å²) in [6, 6.07) is 12.0. The number of carbonyl (C=O) groups is 1. The summed E-state index contributed by atoms with van der Waals surface area (Å²) in [5.74, 6) is -2.56. The Labute approximate surface area is 156 Å². The van der Waals surface area contributed by atoms with Crippen LogP contribution in [0.2, 0.25) is 0 Å². The number of benzene rings is 2. The molecule has 142 valence electrons. The Balaban J connectivity index is 1.63. The first-order valence-corrected chi connectivity index (χ1v) is 9.85. The Bertz CT molecular complexity index is 954. The van der Waals surface area contributed by atoms with Crippen LogP contribution < -0.4 is 0 Å². The van der Waals surface area contributed by atoms with E-state index in [1.165, 1.54) is 21.3 Å². The molecule has 3 rings (SSSR count). The number of rotatable bonds is 4. The third-order valence-corrected chi connectivity index (χ3v) is 5.85. The molecule has 8 heteroatoms. The van der Waals surface area contributed by atoms with Crippen molar-refractivity contribution in [1.82, 2.24) is 9.21 Å². The van der Waals surface area contributed by atoms with Gasteiger partial charge in [-0.2, -0.15) is 4.31 Å². The van der Waals surface area contributed by atoms with Crippen molar-refractivity contribution >= 4 is 22.0 Å². The monoisotopic (exact) mass is 392 g/mol. The van der Waals surface area contributed by atoms with E-state index in [2.05, 4.69) is 0 Å². The van der Waals surface area contributed by atoms with Crippen LogP contribution in [0, 0.1) is 11.6 Å². The largest absolute Gasteiger partial charge is 0.336 e. The maximum absolute atomic E-state index is 13.3. The fraction of sp³-hybridized carbons (Fsp3) is 0.211. The SMILES string of the molecule is O=C(c1ccc(F)c(F)c1)N1CCN(S(=O)(=O)/C=C/c2ccccc2)CC1. The molecule has 2 aromatic rings. The van der Waals surface area contributed by atoms with Gasteiger partial charge in [-0.25, -0.2) is 17.2 Å². The maximum atomic E-state index is 13.3. The Hall–Kier alpha value is -2.58. The number of halogens is 2. The Morgan fingerprint density at radius 3 is 2.22 bits per heavy atom. The van der Waals surface area contributed by atoms with Gasteiger partial charge in [0, 0.05) is 37.2 Å². The summed E-state index contributed by atoms with van der Waals surface area (Å²) in [4.78, 5) is 13.8. The van der Waals surface area contributed by atoms with E-state index in [0.29, 0.717) is 0 Å². The molecule has 0 aliphatic carbocycles. The fourth-order valence-corrected chi connectivity index (χ4v) is 3.95. The molecule has 5 nitrogen and oxygen atoms in total. The Kier molecular flexibility index (Phi) is 5.67. The van der Waals surface area contributed by atoms with Gasteiger partial charge in [-0.05, 0) is 29.8 Å². The number of amides is 1. The average molecular weight is 392 g/mol. The van der Waals surface area contributed by atoms with Crippen LogP contribution in [0.3, 0.4) is 0 Å². The maximum Gasteiger partial charge on any atom is 0.254 e. The minimum Gasteiger partial charge on any atom is -0.336 e. The molecule has 1 aliphatic rings. The molecule has 1 amide bonds. The van der Waals surface area contributed by atoms with Crippen LogP contribution in [0.1, 0.15) is 15.9 Å². The normalized spacial score (nSPS) is 16.0. The number of hydrogen-bond donors (Lipinski definition) is 0. The van der Waals surface area contributed by atoms with Crippen LogP contribution in [-0.2, 0) is 10.0 Å². The van der Waals surface area contributed by atoms with Crippen LogP contribution >= 0.6 is 0 Å². The van der Waals surface area contributed by atoms with Gasteiger partial charge in [0.1, 0.15) is 0 Å². The third-order valence-electron chi connectivity index (χ3n) is 4.28. The molecule has 0 N–H and O–H groups in total. The second-order valence-electron chi connectivity index (χ2n) is 6.08. The van der Waals surface area contributed by atoms with Crippen LogP contribution in [0.15, 0.2) is 53.9 Å². The highest BCUT2D eigenvalue weighted by atomic mass is 32.2. The van der Waals surface area contributed by atoms with Crippen molar-refractivity contribution in [2.45, 2.75) is 0 Å². The molecule has 1 heterocycles. The van der Waals surface area contributed by atoms with Crippen molar-refractivity contribution in [3.63, 3.8) is 0 Å². The number of sulfonamides is 1. The summed E-state index contributed by atoms with van der Waals surface area (Å²) in [6.07, 6.45) is 1.52.